The number of rotatable bonds is 6. The van der Waals surface area contributed by atoms with E-state index in [0.29, 0.717) is 33.7 Å². The minimum atomic E-state index is -0.138. The summed E-state index contributed by atoms with van der Waals surface area (Å²) in [4.78, 5) is 15.3. The minimum Gasteiger partial charge on any atom is -0.494 e. The molecule has 1 amide bonds. The number of amides is 1. The number of carbonyl (C=O) groups excluding carboxylic acids is 1. The van der Waals surface area contributed by atoms with Crippen LogP contribution in [0, 0.1) is 0 Å². The highest BCUT2D eigenvalue weighted by molar-refractivity contribution is 6.42. The summed E-state index contributed by atoms with van der Waals surface area (Å²) in [6, 6.07) is 26.3. The van der Waals surface area contributed by atoms with E-state index in [1.807, 2.05) is 85.8 Å². The molecule has 1 aromatic heterocycles. The van der Waals surface area contributed by atoms with Gasteiger partial charge in [0, 0.05) is 16.8 Å². The van der Waals surface area contributed by atoms with E-state index in [-0.39, 0.29) is 5.91 Å². The fourth-order valence-electron chi connectivity index (χ4n) is 3.94. The Morgan fingerprint density at radius 2 is 1.66 bits per heavy atom. The van der Waals surface area contributed by atoms with E-state index < -0.39 is 0 Å². The largest absolute Gasteiger partial charge is 0.494 e. The van der Waals surface area contributed by atoms with E-state index in [9.17, 15) is 4.79 Å². The molecule has 0 saturated heterocycles. The number of hydrogen-bond donors (Lipinski definition) is 0. The molecular formula is C29H21Cl2NO3. The maximum atomic E-state index is 13.6. The highest BCUT2D eigenvalue weighted by atomic mass is 35.5. The number of hydrogen-bond acceptors (Lipinski definition) is 3. The van der Waals surface area contributed by atoms with Crippen LogP contribution in [0.3, 0.4) is 0 Å². The van der Waals surface area contributed by atoms with Crippen LogP contribution in [0.15, 0.2) is 101 Å². The van der Waals surface area contributed by atoms with Gasteiger partial charge in [0.05, 0.1) is 22.3 Å². The van der Waals surface area contributed by atoms with E-state index >= 15 is 0 Å². The van der Waals surface area contributed by atoms with Gasteiger partial charge in [0.1, 0.15) is 17.3 Å². The molecule has 0 N–H and O–H groups in total. The fourth-order valence-corrected chi connectivity index (χ4v) is 4.24. The van der Waals surface area contributed by atoms with Crippen molar-refractivity contribution in [1.82, 2.24) is 0 Å². The van der Waals surface area contributed by atoms with Gasteiger partial charge in [-0.15, -0.1) is 0 Å². The molecule has 0 aliphatic carbocycles. The molecule has 4 aromatic rings. The Kier molecular flexibility index (Phi) is 6.49. The summed E-state index contributed by atoms with van der Waals surface area (Å²) in [7, 11) is 0. The number of furan rings is 1. The normalized spacial score (nSPS) is 14.5. The lowest BCUT2D eigenvalue weighted by atomic mass is 10.1. The van der Waals surface area contributed by atoms with E-state index in [1.165, 1.54) is 0 Å². The Morgan fingerprint density at radius 3 is 2.37 bits per heavy atom. The third kappa shape index (κ3) is 4.76. The SMILES string of the molecule is CCOc1ccc(N2C(=O)/C(=C/c3ccc(-c4ccc(Cl)c(Cl)c4)o3)C=C2c2ccccc2)cc1. The Hall–Kier alpha value is -3.73. The van der Waals surface area contributed by atoms with Crippen LogP contribution in [0.1, 0.15) is 18.2 Å². The van der Waals surface area contributed by atoms with Crippen molar-refractivity contribution in [3.05, 3.63) is 118 Å². The minimum absolute atomic E-state index is 0.138. The second-order valence-corrected chi connectivity index (χ2v) is 8.71. The summed E-state index contributed by atoms with van der Waals surface area (Å²) in [6.45, 7) is 2.52. The lowest BCUT2D eigenvalue weighted by Crippen LogP contribution is -2.24. The van der Waals surface area contributed by atoms with Crippen molar-refractivity contribution in [3.63, 3.8) is 0 Å². The zero-order valence-electron chi connectivity index (χ0n) is 18.9. The van der Waals surface area contributed by atoms with Gasteiger partial charge in [0.2, 0.25) is 0 Å². The van der Waals surface area contributed by atoms with Gasteiger partial charge in [-0.2, -0.15) is 0 Å². The summed E-state index contributed by atoms with van der Waals surface area (Å²) >= 11 is 12.2. The van der Waals surface area contributed by atoms with Crippen LogP contribution in [0.4, 0.5) is 5.69 Å². The number of ether oxygens (including phenoxy) is 1. The molecule has 3 aromatic carbocycles. The number of halogens is 2. The molecule has 2 heterocycles. The smallest absolute Gasteiger partial charge is 0.263 e. The van der Waals surface area contributed by atoms with Crippen molar-refractivity contribution in [2.45, 2.75) is 6.92 Å². The molecule has 35 heavy (non-hydrogen) atoms. The summed E-state index contributed by atoms with van der Waals surface area (Å²) in [5, 5.41) is 0.932. The van der Waals surface area contributed by atoms with Crippen molar-refractivity contribution >= 4 is 46.6 Å². The maximum absolute atomic E-state index is 13.6. The van der Waals surface area contributed by atoms with E-state index in [1.54, 1.807) is 23.1 Å². The molecular weight excluding hydrogens is 481 g/mol. The third-order valence-corrected chi connectivity index (χ3v) is 6.33. The molecule has 0 fully saturated rings. The van der Waals surface area contributed by atoms with Gasteiger partial charge in [-0.1, -0.05) is 53.5 Å². The van der Waals surface area contributed by atoms with E-state index in [4.69, 9.17) is 32.4 Å². The van der Waals surface area contributed by atoms with Crippen molar-refractivity contribution < 1.29 is 13.9 Å². The van der Waals surface area contributed by atoms with Crippen molar-refractivity contribution in [3.8, 4) is 17.1 Å². The molecule has 0 saturated carbocycles. The molecule has 174 valence electrons. The second kappa shape index (κ2) is 9.87. The Labute approximate surface area is 213 Å². The average molecular weight is 502 g/mol. The quantitative estimate of drug-likeness (QED) is 0.250. The molecule has 1 aliphatic rings. The third-order valence-electron chi connectivity index (χ3n) is 5.59. The summed E-state index contributed by atoms with van der Waals surface area (Å²) in [5.41, 5.74) is 3.82. The van der Waals surface area contributed by atoms with Crippen LogP contribution in [-0.4, -0.2) is 12.5 Å². The van der Waals surface area contributed by atoms with Gasteiger partial charge in [0.15, 0.2) is 0 Å². The first-order valence-electron chi connectivity index (χ1n) is 11.1. The Balaban J connectivity index is 1.51. The first-order chi connectivity index (χ1) is 17.0. The van der Waals surface area contributed by atoms with Gasteiger partial charge in [-0.3, -0.25) is 9.69 Å². The predicted octanol–water partition coefficient (Wildman–Crippen LogP) is 8.12. The van der Waals surface area contributed by atoms with Crippen LogP contribution < -0.4 is 9.64 Å². The van der Waals surface area contributed by atoms with Gasteiger partial charge in [-0.05, 0) is 79.2 Å². The molecule has 6 heteroatoms. The lowest BCUT2D eigenvalue weighted by Gasteiger charge is -2.21. The monoisotopic (exact) mass is 501 g/mol. The Morgan fingerprint density at radius 1 is 0.886 bits per heavy atom. The van der Waals surface area contributed by atoms with Crippen molar-refractivity contribution in [2.75, 3.05) is 11.5 Å². The maximum Gasteiger partial charge on any atom is 0.263 e. The van der Waals surface area contributed by atoms with Crippen LogP contribution >= 0.6 is 23.2 Å². The molecule has 1 aliphatic heterocycles. The van der Waals surface area contributed by atoms with Crippen molar-refractivity contribution in [2.24, 2.45) is 0 Å². The van der Waals surface area contributed by atoms with E-state index in [0.717, 1.165) is 28.3 Å². The lowest BCUT2D eigenvalue weighted by molar-refractivity contribution is -0.113. The summed E-state index contributed by atoms with van der Waals surface area (Å²) in [6.07, 6.45) is 3.64. The predicted molar refractivity (Wildman–Crippen MR) is 142 cm³/mol. The zero-order chi connectivity index (χ0) is 24.4. The van der Waals surface area contributed by atoms with E-state index in [2.05, 4.69) is 0 Å². The molecule has 4 nitrogen and oxygen atoms in total. The second-order valence-electron chi connectivity index (χ2n) is 7.89. The van der Waals surface area contributed by atoms with Crippen molar-refractivity contribution in [1.29, 1.82) is 0 Å². The van der Waals surface area contributed by atoms with Gasteiger partial charge >= 0.3 is 0 Å². The van der Waals surface area contributed by atoms with Gasteiger partial charge < -0.3 is 9.15 Å². The van der Waals surface area contributed by atoms with Gasteiger partial charge in [-0.25, -0.2) is 0 Å². The molecule has 5 rings (SSSR count). The summed E-state index contributed by atoms with van der Waals surface area (Å²) < 4.78 is 11.6. The molecule has 0 unspecified atom stereocenters. The standard InChI is InChI=1S/C29H21Cl2NO3/c1-2-34-23-11-9-22(10-12-23)32-27(19-6-4-3-5-7-19)18-21(29(32)33)16-24-13-15-28(35-24)20-8-14-25(30)26(31)17-20/h3-18H,2H2,1H3/b21-16+. The first kappa shape index (κ1) is 23.0. The number of nitrogens with zero attached hydrogens (tertiary/aromatic N) is 1. The topological polar surface area (TPSA) is 42.7 Å². The van der Waals surface area contributed by atoms with Crippen LogP contribution in [-0.2, 0) is 4.79 Å². The highest BCUT2D eigenvalue weighted by Gasteiger charge is 2.30. The fraction of sp³-hybridized carbons (Fsp3) is 0.0690. The molecule has 0 bridgehead atoms. The number of anilines is 1. The highest BCUT2D eigenvalue weighted by Crippen LogP contribution is 2.36. The number of carbonyl (C=O) groups is 1. The summed E-state index contributed by atoms with van der Waals surface area (Å²) in [5.74, 6) is 1.82. The first-order valence-corrected chi connectivity index (χ1v) is 11.9. The van der Waals surface area contributed by atoms with Crippen LogP contribution in [0.5, 0.6) is 5.75 Å². The van der Waals surface area contributed by atoms with Crippen LogP contribution in [0.2, 0.25) is 10.0 Å². The van der Waals surface area contributed by atoms with Gasteiger partial charge in [0.25, 0.3) is 5.91 Å². The molecule has 0 atom stereocenters. The molecule has 0 radical (unpaired) electrons. The zero-order valence-corrected chi connectivity index (χ0v) is 20.4. The Bertz CT molecular complexity index is 1440. The average Bonchev–Trinajstić information content (AvgIpc) is 3.47. The number of benzene rings is 3. The molecule has 0 spiro atoms. The van der Waals surface area contributed by atoms with Crippen LogP contribution in [0.25, 0.3) is 23.1 Å².